The van der Waals surface area contributed by atoms with Crippen molar-refractivity contribution in [2.45, 2.75) is 12.5 Å². The Bertz CT molecular complexity index is 939. The Morgan fingerprint density at radius 1 is 1.11 bits per heavy atom. The molecule has 0 aliphatic rings. The average molecular weight is 380 g/mol. The van der Waals surface area contributed by atoms with Crippen molar-refractivity contribution >= 4 is 11.8 Å². The topological polar surface area (TPSA) is 76.0 Å². The van der Waals surface area contributed by atoms with Crippen LogP contribution in [0.25, 0.3) is 0 Å². The maximum absolute atomic E-state index is 13.3. The van der Waals surface area contributed by atoms with E-state index in [4.69, 9.17) is 0 Å². The van der Waals surface area contributed by atoms with E-state index < -0.39 is 6.04 Å². The van der Waals surface area contributed by atoms with Crippen LogP contribution in [0.5, 0.6) is 0 Å². The van der Waals surface area contributed by atoms with Crippen LogP contribution in [0.4, 0.5) is 4.39 Å². The van der Waals surface area contributed by atoms with E-state index in [1.54, 1.807) is 53.4 Å². The number of carbonyl (C=O) groups is 2. The van der Waals surface area contributed by atoms with Gasteiger partial charge in [-0.3, -0.25) is 9.59 Å². The number of nitrogens with zero attached hydrogens (tertiary/aromatic N) is 2. The van der Waals surface area contributed by atoms with Crippen LogP contribution in [0.15, 0.2) is 67.0 Å². The molecule has 0 aliphatic carbocycles. The fourth-order valence-corrected chi connectivity index (χ4v) is 2.82. The van der Waals surface area contributed by atoms with Crippen molar-refractivity contribution < 1.29 is 14.0 Å². The summed E-state index contributed by atoms with van der Waals surface area (Å²) in [5.74, 6) is -0.191. The van der Waals surface area contributed by atoms with E-state index in [2.05, 4.69) is 15.6 Å². The van der Waals surface area contributed by atoms with Crippen molar-refractivity contribution in [3.63, 3.8) is 0 Å². The van der Waals surface area contributed by atoms with Gasteiger partial charge in [0, 0.05) is 38.0 Å². The summed E-state index contributed by atoms with van der Waals surface area (Å²) in [6.07, 6.45) is 3.52. The first-order chi connectivity index (χ1) is 13.5. The minimum atomic E-state index is -0.516. The molecule has 1 atom stereocenters. The summed E-state index contributed by atoms with van der Waals surface area (Å²) in [6, 6.07) is 14.2. The van der Waals surface area contributed by atoms with Gasteiger partial charge in [-0.15, -0.1) is 0 Å². The zero-order valence-corrected chi connectivity index (χ0v) is 15.4. The summed E-state index contributed by atoms with van der Waals surface area (Å²) in [7, 11) is 1.82. The van der Waals surface area contributed by atoms with Crippen molar-refractivity contribution in [3.8, 4) is 0 Å². The first-order valence-electron chi connectivity index (χ1n) is 8.90. The molecule has 1 unspecified atom stereocenters. The van der Waals surface area contributed by atoms with Crippen molar-refractivity contribution in [2.75, 3.05) is 6.54 Å². The van der Waals surface area contributed by atoms with Crippen LogP contribution in [0.3, 0.4) is 0 Å². The SMILES string of the molecule is Cn1ccnc1C(NC(=O)CCNC(=O)c1ccccc1)c1ccc(F)cc1. The Morgan fingerprint density at radius 3 is 2.46 bits per heavy atom. The number of imidazole rings is 1. The molecule has 1 aromatic heterocycles. The molecule has 2 aromatic carbocycles. The standard InChI is InChI=1S/C21H21FN4O2/c1-26-14-13-23-20(26)19(15-7-9-17(22)10-8-15)25-18(27)11-12-24-21(28)16-5-3-2-4-6-16/h2-10,13-14,19H,11-12H2,1H3,(H,24,28)(H,25,27). The zero-order valence-electron chi connectivity index (χ0n) is 15.4. The number of hydrogen-bond acceptors (Lipinski definition) is 3. The fraction of sp³-hybridized carbons (Fsp3) is 0.190. The molecule has 28 heavy (non-hydrogen) atoms. The average Bonchev–Trinajstić information content (AvgIpc) is 3.13. The summed E-state index contributed by atoms with van der Waals surface area (Å²) in [4.78, 5) is 28.8. The maximum atomic E-state index is 13.3. The van der Waals surface area contributed by atoms with Gasteiger partial charge >= 0.3 is 0 Å². The van der Waals surface area contributed by atoms with Crippen LogP contribution in [-0.4, -0.2) is 27.9 Å². The van der Waals surface area contributed by atoms with Crippen LogP contribution in [-0.2, 0) is 11.8 Å². The molecule has 144 valence electrons. The van der Waals surface area contributed by atoms with Crippen LogP contribution in [0.2, 0.25) is 0 Å². The summed E-state index contributed by atoms with van der Waals surface area (Å²) < 4.78 is 15.1. The lowest BCUT2D eigenvalue weighted by atomic mass is 10.1. The number of aryl methyl sites for hydroxylation is 1. The highest BCUT2D eigenvalue weighted by Crippen LogP contribution is 2.20. The van der Waals surface area contributed by atoms with Gasteiger partial charge in [-0.25, -0.2) is 9.37 Å². The predicted molar refractivity (Wildman–Crippen MR) is 103 cm³/mol. The van der Waals surface area contributed by atoms with Gasteiger partial charge in [0.05, 0.1) is 0 Å². The van der Waals surface area contributed by atoms with E-state index in [1.807, 2.05) is 13.1 Å². The summed E-state index contributed by atoms with van der Waals surface area (Å²) in [6.45, 7) is 0.205. The molecule has 0 aliphatic heterocycles. The van der Waals surface area contributed by atoms with E-state index in [1.165, 1.54) is 12.1 Å². The van der Waals surface area contributed by atoms with Gasteiger partial charge in [-0.05, 0) is 29.8 Å². The van der Waals surface area contributed by atoms with E-state index in [0.717, 1.165) is 5.56 Å². The minimum Gasteiger partial charge on any atom is -0.352 e. The van der Waals surface area contributed by atoms with Gasteiger partial charge in [0.25, 0.3) is 5.91 Å². The lowest BCUT2D eigenvalue weighted by molar-refractivity contribution is -0.121. The number of nitrogens with one attached hydrogen (secondary N) is 2. The quantitative estimate of drug-likeness (QED) is 0.662. The second-order valence-corrected chi connectivity index (χ2v) is 6.32. The molecule has 1 heterocycles. The molecule has 0 saturated heterocycles. The third-order valence-corrected chi connectivity index (χ3v) is 4.30. The highest BCUT2D eigenvalue weighted by atomic mass is 19.1. The highest BCUT2D eigenvalue weighted by Gasteiger charge is 2.20. The number of rotatable bonds is 7. The van der Waals surface area contributed by atoms with E-state index >= 15 is 0 Å². The number of amides is 2. The molecule has 3 aromatic rings. The molecular formula is C21H21FN4O2. The lowest BCUT2D eigenvalue weighted by Gasteiger charge is -2.19. The number of hydrogen-bond donors (Lipinski definition) is 2. The highest BCUT2D eigenvalue weighted by molar-refractivity contribution is 5.94. The molecule has 0 radical (unpaired) electrons. The molecule has 7 heteroatoms. The monoisotopic (exact) mass is 380 g/mol. The van der Waals surface area contributed by atoms with Gasteiger partial charge in [0.1, 0.15) is 17.7 Å². The molecule has 0 bridgehead atoms. The van der Waals surface area contributed by atoms with Crippen LogP contribution >= 0.6 is 0 Å². The Balaban J connectivity index is 1.62. The Morgan fingerprint density at radius 2 is 1.82 bits per heavy atom. The molecule has 3 rings (SSSR count). The van der Waals surface area contributed by atoms with Crippen molar-refractivity contribution in [1.82, 2.24) is 20.2 Å². The second-order valence-electron chi connectivity index (χ2n) is 6.32. The number of aromatic nitrogens is 2. The van der Waals surface area contributed by atoms with E-state index in [9.17, 15) is 14.0 Å². The summed E-state index contributed by atoms with van der Waals surface area (Å²) >= 11 is 0. The molecule has 6 nitrogen and oxygen atoms in total. The van der Waals surface area contributed by atoms with Gasteiger partial charge in [-0.1, -0.05) is 30.3 Å². The molecule has 0 saturated carbocycles. The first-order valence-corrected chi connectivity index (χ1v) is 8.90. The summed E-state index contributed by atoms with van der Waals surface area (Å²) in [5.41, 5.74) is 1.26. The molecule has 0 spiro atoms. The van der Waals surface area contributed by atoms with Crippen molar-refractivity contribution in [3.05, 3.63) is 89.8 Å². The fourth-order valence-electron chi connectivity index (χ4n) is 2.82. The van der Waals surface area contributed by atoms with Crippen LogP contribution in [0.1, 0.15) is 34.2 Å². The Labute approximate surface area is 162 Å². The molecular weight excluding hydrogens is 359 g/mol. The smallest absolute Gasteiger partial charge is 0.251 e. The number of halogens is 1. The number of benzene rings is 2. The van der Waals surface area contributed by atoms with Crippen molar-refractivity contribution in [1.29, 1.82) is 0 Å². The molecule has 2 amide bonds. The first kappa shape index (κ1) is 19.3. The van der Waals surface area contributed by atoms with Gasteiger partial charge in [-0.2, -0.15) is 0 Å². The van der Waals surface area contributed by atoms with Crippen LogP contribution < -0.4 is 10.6 Å². The minimum absolute atomic E-state index is 0.112. The van der Waals surface area contributed by atoms with Gasteiger partial charge in [0.2, 0.25) is 5.91 Å². The van der Waals surface area contributed by atoms with Crippen molar-refractivity contribution in [2.24, 2.45) is 7.05 Å². The number of carbonyl (C=O) groups excluding carboxylic acids is 2. The van der Waals surface area contributed by atoms with Gasteiger partial charge < -0.3 is 15.2 Å². The van der Waals surface area contributed by atoms with Crippen LogP contribution in [0, 0.1) is 5.82 Å². The van der Waals surface area contributed by atoms with Gasteiger partial charge in [0.15, 0.2) is 0 Å². The largest absolute Gasteiger partial charge is 0.352 e. The zero-order chi connectivity index (χ0) is 19.9. The second kappa shape index (κ2) is 8.94. The lowest BCUT2D eigenvalue weighted by Crippen LogP contribution is -2.34. The van der Waals surface area contributed by atoms with E-state index in [-0.39, 0.29) is 30.6 Å². The third kappa shape index (κ3) is 4.82. The molecule has 2 N–H and O–H groups in total. The Kier molecular flexibility index (Phi) is 6.16. The maximum Gasteiger partial charge on any atom is 0.251 e. The van der Waals surface area contributed by atoms with E-state index in [0.29, 0.717) is 11.4 Å². The normalized spacial score (nSPS) is 11.6. The predicted octanol–water partition coefficient (Wildman–Crippen LogP) is 2.58. The third-order valence-electron chi connectivity index (χ3n) is 4.30. The Hall–Kier alpha value is -3.48. The summed E-state index contributed by atoms with van der Waals surface area (Å²) in [5, 5.41) is 5.64. The molecule has 0 fully saturated rings.